The Morgan fingerprint density at radius 3 is 3.06 bits per heavy atom. The van der Waals surface area contributed by atoms with Crippen molar-refractivity contribution in [2.45, 2.75) is 31.8 Å². The van der Waals surface area contributed by atoms with Gasteiger partial charge in [-0.3, -0.25) is 15.1 Å². The van der Waals surface area contributed by atoms with Crippen molar-refractivity contribution in [1.82, 2.24) is 20.5 Å². The molecule has 0 aliphatic heterocycles. The van der Waals surface area contributed by atoms with Crippen molar-refractivity contribution in [2.75, 3.05) is 6.54 Å². The predicted octanol–water partition coefficient (Wildman–Crippen LogP) is -0.156. The molecule has 6 nitrogen and oxygen atoms in total. The molecule has 0 saturated heterocycles. The Morgan fingerprint density at radius 2 is 2.44 bits per heavy atom. The van der Waals surface area contributed by atoms with E-state index in [1.807, 2.05) is 16.9 Å². The van der Waals surface area contributed by atoms with Crippen LogP contribution >= 0.6 is 0 Å². The summed E-state index contributed by atoms with van der Waals surface area (Å²) in [4.78, 5) is 4.35. The Kier molecular flexibility index (Phi) is 3.76. The first-order chi connectivity index (χ1) is 7.88. The molecule has 1 aromatic rings. The summed E-state index contributed by atoms with van der Waals surface area (Å²) in [5.74, 6) is 6.06. The molecule has 0 unspecified atom stereocenters. The molecule has 1 aliphatic rings. The van der Waals surface area contributed by atoms with Crippen molar-refractivity contribution >= 4 is 5.96 Å². The Labute approximate surface area is 94.9 Å². The van der Waals surface area contributed by atoms with Gasteiger partial charge in [-0.15, -0.1) is 0 Å². The predicted molar refractivity (Wildman–Crippen MR) is 62.6 cm³/mol. The largest absolute Gasteiger partial charge is 0.353 e. The second-order valence-corrected chi connectivity index (χ2v) is 3.92. The van der Waals surface area contributed by atoms with Gasteiger partial charge in [-0.2, -0.15) is 5.10 Å². The number of hydrazine groups is 1. The first kappa shape index (κ1) is 10.9. The molecule has 1 fully saturated rings. The zero-order chi connectivity index (χ0) is 11.2. The number of aliphatic imine (C=N–C) groups is 1. The molecule has 2 rings (SSSR count). The SMILES string of the molecule is NNC(=NCCCn1cccn1)NC1CC1. The van der Waals surface area contributed by atoms with Gasteiger partial charge in [0.1, 0.15) is 0 Å². The maximum absolute atomic E-state index is 5.36. The van der Waals surface area contributed by atoms with Gasteiger partial charge in [-0.1, -0.05) is 0 Å². The maximum Gasteiger partial charge on any atom is 0.205 e. The van der Waals surface area contributed by atoms with E-state index in [0.29, 0.717) is 12.0 Å². The summed E-state index contributed by atoms with van der Waals surface area (Å²) >= 11 is 0. The molecule has 1 saturated carbocycles. The first-order valence-electron chi connectivity index (χ1n) is 5.63. The molecular formula is C10H18N6. The molecule has 6 heteroatoms. The highest BCUT2D eigenvalue weighted by molar-refractivity contribution is 5.79. The number of hydrogen-bond acceptors (Lipinski definition) is 3. The minimum atomic E-state index is 0.570. The molecule has 0 bridgehead atoms. The van der Waals surface area contributed by atoms with E-state index in [-0.39, 0.29) is 0 Å². The average Bonchev–Trinajstić information content (AvgIpc) is 2.96. The van der Waals surface area contributed by atoms with Crippen LogP contribution in [0.5, 0.6) is 0 Å². The fraction of sp³-hybridized carbons (Fsp3) is 0.600. The number of nitrogens with two attached hydrogens (primary N) is 1. The van der Waals surface area contributed by atoms with Gasteiger partial charge in [0, 0.05) is 31.5 Å². The summed E-state index contributed by atoms with van der Waals surface area (Å²) in [5.41, 5.74) is 2.58. The molecule has 1 heterocycles. The lowest BCUT2D eigenvalue weighted by atomic mass is 10.4. The van der Waals surface area contributed by atoms with Crippen LogP contribution in [0.1, 0.15) is 19.3 Å². The molecule has 1 aromatic heterocycles. The third kappa shape index (κ3) is 3.54. The standard InChI is InChI=1S/C10H18N6/c11-15-10(14-9-3-4-9)12-5-1-7-16-8-2-6-13-16/h2,6,8-9H,1,3-5,7,11H2,(H2,12,14,15). The number of hydrogen-bond donors (Lipinski definition) is 3. The van der Waals surface area contributed by atoms with E-state index in [1.54, 1.807) is 6.20 Å². The van der Waals surface area contributed by atoms with Gasteiger partial charge in [0.15, 0.2) is 0 Å². The van der Waals surface area contributed by atoms with Gasteiger partial charge in [-0.25, -0.2) is 5.84 Å². The van der Waals surface area contributed by atoms with Gasteiger partial charge in [0.2, 0.25) is 5.96 Å². The van der Waals surface area contributed by atoms with E-state index in [4.69, 9.17) is 5.84 Å². The molecule has 4 N–H and O–H groups in total. The minimum absolute atomic E-state index is 0.570. The molecule has 0 aromatic carbocycles. The van der Waals surface area contributed by atoms with Crippen molar-refractivity contribution < 1.29 is 0 Å². The lowest BCUT2D eigenvalue weighted by Crippen LogP contribution is -2.42. The minimum Gasteiger partial charge on any atom is -0.353 e. The highest BCUT2D eigenvalue weighted by atomic mass is 15.3. The number of nitrogens with one attached hydrogen (secondary N) is 2. The maximum atomic E-state index is 5.36. The zero-order valence-corrected chi connectivity index (χ0v) is 9.26. The van der Waals surface area contributed by atoms with Crippen LogP contribution in [0.3, 0.4) is 0 Å². The first-order valence-corrected chi connectivity index (χ1v) is 5.63. The number of guanidine groups is 1. The van der Waals surface area contributed by atoms with E-state index in [9.17, 15) is 0 Å². The molecule has 0 radical (unpaired) electrons. The van der Waals surface area contributed by atoms with Crippen LogP contribution < -0.4 is 16.6 Å². The summed E-state index contributed by atoms with van der Waals surface area (Å²) in [5, 5.41) is 7.35. The van der Waals surface area contributed by atoms with Gasteiger partial charge in [0.05, 0.1) is 0 Å². The molecule has 0 amide bonds. The van der Waals surface area contributed by atoms with Crippen molar-refractivity contribution in [3.05, 3.63) is 18.5 Å². The van der Waals surface area contributed by atoms with Crippen LogP contribution in [-0.2, 0) is 6.54 Å². The molecule has 0 atom stereocenters. The van der Waals surface area contributed by atoms with Gasteiger partial charge in [-0.05, 0) is 25.3 Å². The van der Waals surface area contributed by atoms with Crippen LogP contribution in [0, 0.1) is 0 Å². The molecule has 0 spiro atoms. The topological polar surface area (TPSA) is 80.3 Å². The van der Waals surface area contributed by atoms with E-state index < -0.39 is 0 Å². The van der Waals surface area contributed by atoms with Gasteiger partial charge < -0.3 is 5.32 Å². The van der Waals surface area contributed by atoms with Crippen molar-refractivity contribution in [1.29, 1.82) is 0 Å². The monoisotopic (exact) mass is 222 g/mol. The van der Waals surface area contributed by atoms with Crippen molar-refractivity contribution in [2.24, 2.45) is 10.8 Å². The Bertz CT molecular complexity index is 327. The molecular weight excluding hydrogens is 204 g/mol. The fourth-order valence-electron chi connectivity index (χ4n) is 1.41. The normalized spacial score (nSPS) is 16.2. The smallest absolute Gasteiger partial charge is 0.205 e. The van der Waals surface area contributed by atoms with Gasteiger partial charge >= 0.3 is 0 Å². The second kappa shape index (κ2) is 5.50. The van der Waals surface area contributed by atoms with Crippen LogP contribution in [0.25, 0.3) is 0 Å². The van der Waals surface area contributed by atoms with E-state index in [1.165, 1.54) is 12.8 Å². The quantitative estimate of drug-likeness (QED) is 0.213. The number of aryl methyl sites for hydroxylation is 1. The number of rotatable bonds is 5. The fourth-order valence-corrected chi connectivity index (χ4v) is 1.41. The Balaban J connectivity index is 1.66. The number of nitrogens with zero attached hydrogens (tertiary/aromatic N) is 3. The van der Waals surface area contributed by atoms with Crippen molar-refractivity contribution in [3.8, 4) is 0 Å². The zero-order valence-electron chi connectivity index (χ0n) is 9.26. The summed E-state index contributed by atoms with van der Waals surface area (Å²) in [6.07, 6.45) is 7.13. The van der Waals surface area contributed by atoms with Crippen molar-refractivity contribution in [3.63, 3.8) is 0 Å². The van der Waals surface area contributed by atoms with Crippen LogP contribution in [0.2, 0.25) is 0 Å². The number of aromatic nitrogens is 2. The lowest BCUT2D eigenvalue weighted by molar-refractivity contribution is 0.584. The molecule has 1 aliphatic carbocycles. The van der Waals surface area contributed by atoms with Gasteiger partial charge in [0.25, 0.3) is 0 Å². The third-order valence-electron chi connectivity index (χ3n) is 2.43. The van der Waals surface area contributed by atoms with Crippen LogP contribution in [-0.4, -0.2) is 28.3 Å². The average molecular weight is 222 g/mol. The highest BCUT2D eigenvalue weighted by Gasteiger charge is 2.21. The summed E-state index contributed by atoms with van der Waals surface area (Å²) < 4.78 is 1.90. The molecule has 88 valence electrons. The Hall–Kier alpha value is -1.56. The second-order valence-electron chi connectivity index (χ2n) is 3.92. The Morgan fingerprint density at radius 1 is 1.56 bits per heavy atom. The summed E-state index contributed by atoms with van der Waals surface area (Å²) in [6.45, 7) is 1.64. The van der Waals surface area contributed by atoms with E-state index >= 15 is 0 Å². The van der Waals surface area contributed by atoms with E-state index in [0.717, 1.165) is 19.5 Å². The third-order valence-corrected chi connectivity index (χ3v) is 2.43. The van der Waals surface area contributed by atoms with E-state index in [2.05, 4.69) is 20.8 Å². The summed E-state index contributed by atoms with van der Waals surface area (Å²) in [6, 6.07) is 2.49. The molecule has 16 heavy (non-hydrogen) atoms. The lowest BCUT2D eigenvalue weighted by Gasteiger charge is -2.07. The van der Waals surface area contributed by atoms with Crippen LogP contribution in [0.15, 0.2) is 23.5 Å². The highest BCUT2D eigenvalue weighted by Crippen LogP contribution is 2.18. The van der Waals surface area contributed by atoms with Crippen LogP contribution in [0.4, 0.5) is 0 Å². The summed E-state index contributed by atoms with van der Waals surface area (Å²) in [7, 11) is 0.